The lowest BCUT2D eigenvalue weighted by Gasteiger charge is -2.05. The van der Waals surface area contributed by atoms with Gasteiger partial charge in [-0.1, -0.05) is 0 Å². The maximum Gasteiger partial charge on any atom is 0.271 e. The first-order valence-corrected chi connectivity index (χ1v) is 7.28. The van der Waals surface area contributed by atoms with Crippen molar-refractivity contribution in [3.8, 4) is 5.69 Å². The maximum absolute atomic E-state index is 12.1. The third kappa shape index (κ3) is 3.40. The summed E-state index contributed by atoms with van der Waals surface area (Å²) in [6.07, 6.45) is 3.90. The largest absolute Gasteiger partial charge is 0.460 e. The molecule has 0 radical (unpaired) electrons. The van der Waals surface area contributed by atoms with Crippen molar-refractivity contribution in [1.82, 2.24) is 9.99 Å². The fraction of sp³-hybridized carbons (Fsp3) is 0.111. The molecule has 5 heteroatoms. The van der Waals surface area contributed by atoms with Gasteiger partial charge in [-0.3, -0.25) is 4.79 Å². The first-order chi connectivity index (χ1) is 11.1. The highest BCUT2D eigenvalue weighted by Gasteiger charge is 2.07. The zero-order valence-corrected chi connectivity index (χ0v) is 13.0. The average molecular weight is 307 g/mol. The van der Waals surface area contributed by atoms with E-state index in [-0.39, 0.29) is 5.91 Å². The highest BCUT2D eigenvalue weighted by molar-refractivity contribution is 5.99. The minimum absolute atomic E-state index is 0.258. The molecular formula is C18H17N3O2. The summed E-state index contributed by atoms with van der Waals surface area (Å²) in [6.45, 7) is 3.65. The van der Waals surface area contributed by atoms with E-state index < -0.39 is 0 Å². The number of amides is 1. The van der Waals surface area contributed by atoms with Gasteiger partial charge in [0.15, 0.2) is 0 Å². The molecule has 0 aliphatic heterocycles. The molecule has 1 aromatic carbocycles. The molecule has 0 aliphatic rings. The van der Waals surface area contributed by atoms with E-state index in [2.05, 4.69) is 10.5 Å². The Labute approximate surface area is 134 Å². The van der Waals surface area contributed by atoms with Crippen molar-refractivity contribution >= 4 is 11.6 Å². The summed E-state index contributed by atoms with van der Waals surface area (Å²) in [5.74, 6) is 1.19. The Morgan fingerprint density at radius 1 is 1.09 bits per heavy atom. The lowest BCUT2D eigenvalue weighted by Crippen LogP contribution is -2.19. The van der Waals surface area contributed by atoms with Crippen LogP contribution in [0.25, 0.3) is 5.69 Å². The second-order valence-corrected chi connectivity index (χ2v) is 5.19. The molecule has 0 unspecified atom stereocenters. The van der Waals surface area contributed by atoms with Gasteiger partial charge in [-0.15, -0.1) is 0 Å². The first-order valence-electron chi connectivity index (χ1n) is 7.28. The molecule has 3 rings (SSSR count). The lowest BCUT2D eigenvalue weighted by molar-refractivity contribution is 0.0955. The van der Waals surface area contributed by atoms with Crippen LogP contribution in [0.3, 0.4) is 0 Å². The fourth-order valence-corrected chi connectivity index (χ4v) is 2.17. The van der Waals surface area contributed by atoms with Crippen LogP contribution < -0.4 is 5.43 Å². The number of hydrogen-bond donors (Lipinski definition) is 1. The Hall–Kier alpha value is -3.08. The third-order valence-corrected chi connectivity index (χ3v) is 3.45. The zero-order chi connectivity index (χ0) is 16.2. The Morgan fingerprint density at radius 2 is 1.78 bits per heavy atom. The molecule has 0 saturated heterocycles. The first kappa shape index (κ1) is 14.8. The van der Waals surface area contributed by atoms with E-state index in [4.69, 9.17) is 4.42 Å². The van der Waals surface area contributed by atoms with Gasteiger partial charge in [0.05, 0.1) is 0 Å². The fourth-order valence-electron chi connectivity index (χ4n) is 2.17. The normalized spacial score (nSPS) is 11.5. The van der Waals surface area contributed by atoms with Crippen molar-refractivity contribution in [2.24, 2.45) is 5.10 Å². The molecule has 0 saturated carbocycles. The Kier molecular flexibility index (Phi) is 4.10. The number of benzene rings is 1. The number of hydrazone groups is 1. The number of furan rings is 1. The van der Waals surface area contributed by atoms with Crippen LogP contribution in [0, 0.1) is 6.92 Å². The number of aromatic nitrogens is 1. The van der Waals surface area contributed by atoms with Crippen LogP contribution in [0.5, 0.6) is 0 Å². The van der Waals surface area contributed by atoms with Crippen LogP contribution in [0.1, 0.15) is 28.8 Å². The van der Waals surface area contributed by atoms with Crippen LogP contribution in [-0.2, 0) is 0 Å². The van der Waals surface area contributed by atoms with Crippen LogP contribution in [0.4, 0.5) is 0 Å². The standard InChI is InChI=1S/C18H17N3O2/c1-13-5-10-17(23-13)14(2)19-20-18(22)15-6-8-16(9-7-15)21-11-3-4-12-21/h3-12H,1-2H3,(H,20,22)/b19-14+. The van der Waals surface area contributed by atoms with Crippen molar-refractivity contribution in [2.45, 2.75) is 13.8 Å². The topological polar surface area (TPSA) is 59.5 Å². The van der Waals surface area contributed by atoms with E-state index in [9.17, 15) is 4.79 Å². The van der Waals surface area contributed by atoms with E-state index in [1.807, 2.05) is 60.3 Å². The third-order valence-electron chi connectivity index (χ3n) is 3.45. The minimum atomic E-state index is -0.258. The maximum atomic E-state index is 12.1. The van der Waals surface area contributed by atoms with Gasteiger partial charge in [0, 0.05) is 23.6 Å². The molecule has 3 aromatic rings. The van der Waals surface area contributed by atoms with Crippen LogP contribution in [0.2, 0.25) is 0 Å². The summed E-state index contributed by atoms with van der Waals surface area (Å²) < 4.78 is 7.43. The van der Waals surface area contributed by atoms with Gasteiger partial charge in [-0.25, -0.2) is 5.43 Å². The Bertz CT molecular complexity index is 828. The van der Waals surface area contributed by atoms with E-state index in [1.54, 1.807) is 19.1 Å². The van der Waals surface area contributed by atoms with Crippen molar-refractivity contribution in [2.75, 3.05) is 0 Å². The summed E-state index contributed by atoms with van der Waals surface area (Å²) in [4.78, 5) is 12.1. The van der Waals surface area contributed by atoms with E-state index in [0.29, 0.717) is 17.0 Å². The highest BCUT2D eigenvalue weighted by atomic mass is 16.3. The summed E-state index contributed by atoms with van der Waals surface area (Å²) in [6, 6.07) is 14.9. The number of aryl methyl sites for hydroxylation is 1. The molecule has 0 bridgehead atoms. The predicted octanol–water partition coefficient (Wildman–Crippen LogP) is 3.53. The quantitative estimate of drug-likeness (QED) is 0.592. The molecule has 2 aromatic heterocycles. The van der Waals surface area contributed by atoms with Gasteiger partial charge < -0.3 is 8.98 Å². The van der Waals surface area contributed by atoms with E-state index in [1.165, 1.54) is 0 Å². The van der Waals surface area contributed by atoms with Gasteiger partial charge >= 0.3 is 0 Å². The summed E-state index contributed by atoms with van der Waals surface area (Å²) >= 11 is 0. The van der Waals surface area contributed by atoms with Crippen LogP contribution in [0.15, 0.2) is 70.4 Å². The van der Waals surface area contributed by atoms with Gasteiger partial charge in [-0.2, -0.15) is 5.10 Å². The SMILES string of the molecule is C/C(=N\NC(=O)c1ccc(-n2cccc2)cc1)c1ccc(C)o1. The summed E-state index contributed by atoms with van der Waals surface area (Å²) in [7, 11) is 0. The molecule has 1 amide bonds. The van der Waals surface area contributed by atoms with Crippen LogP contribution in [-0.4, -0.2) is 16.2 Å². The number of hydrogen-bond acceptors (Lipinski definition) is 3. The van der Waals surface area contributed by atoms with Crippen molar-refractivity contribution in [3.05, 3.63) is 78.0 Å². The Balaban J connectivity index is 1.68. The molecule has 1 N–H and O–H groups in total. The highest BCUT2D eigenvalue weighted by Crippen LogP contribution is 2.10. The van der Waals surface area contributed by atoms with Gasteiger partial charge in [-0.05, 0) is 62.4 Å². The number of rotatable bonds is 4. The smallest absolute Gasteiger partial charge is 0.271 e. The van der Waals surface area contributed by atoms with Gasteiger partial charge in [0.25, 0.3) is 5.91 Å². The van der Waals surface area contributed by atoms with E-state index >= 15 is 0 Å². The van der Waals surface area contributed by atoms with Crippen molar-refractivity contribution < 1.29 is 9.21 Å². The molecule has 0 atom stereocenters. The van der Waals surface area contributed by atoms with Crippen molar-refractivity contribution in [3.63, 3.8) is 0 Å². The van der Waals surface area contributed by atoms with E-state index in [0.717, 1.165) is 11.4 Å². The number of nitrogens with one attached hydrogen (secondary N) is 1. The second kappa shape index (κ2) is 6.36. The molecule has 5 nitrogen and oxygen atoms in total. The number of carbonyl (C=O) groups excluding carboxylic acids is 1. The molecule has 0 aliphatic carbocycles. The number of nitrogens with zero attached hydrogens (tertiary/aromatic N) is 2. The second-order valence-electron chi connectivity index (χ2n) is 5.19. The monoisotopic (exact) mass is 307 g/mol. The summed E-state index contributed by atoms with van der Waals surface area (Å²) in [5, 5.41) is 4.07. The van der Waals surface area contributed by atoms with Crippen LogP contribution >= 0.6 is 0 Å². The molecule has 0 fully saturated rings. The lowest BCUT2D eigenvalue weighted by atomic mass is 10.2. The predicted molar refractivity (Wildman–Crippen MR) is 88.9 cm³/mol. The van der Waals surface area contributed by atoms with Crippen molar-refractivity contribution in [1.29, 1.82) is 0 Å². The molecule has 23 heavy (non-hydrogen) atoms. The molecule has 116 valence electrons. The average Bonchev–Trinajstić information content (AvgIpc) is 3.24. The molecule has 0 spiro atoms. The Morgan fingerprint density at radius 3 is 2.39 bits per heavy atom. The molecule has 2 heterocycles. The minimum Gasteiger partial charge on any atom is -0.460 e. The number of carbonyl (C=O) groups is 1. The van der Waals surface area contributed by atoms with Gasteiger partial charge in [0.1, 0.15) is 17.2 Å². The summed E-state index contributed by atoms with van der Waals surface area (Å²) in [5.41, 5.74) is 4.71. The zero-order valence-electron chi connectivity index (χ0n) is 13.0. The van der Waals surface area contributed by atoms with Gasteiger partial charge in [0.2, 0.25) is 0 Å². The molecular weight excluding hydrogens is 290 g/mol.